The van der Waals surface area contributed by atoms with Crippen LogP contribution < -0.4 is 5.43 Å². The molecule has 0 aliphatic heterocycles. The largest absolute Gasteiger partial charge is 0.286 e. The minimum Gasteiger partial charge on any atom is -0.286 e. The number of hydrazone groups is 1. The number of rotatable bonds is 4. The standard InChI is InChI=1S/C16H11Cl2N3O/c1-10-12(17)7-4-8-14(10)20-21-15(9-19)16(22)11-5-2-3-6-13(11)18/h2-8,20H,1H3/b21-15+. The van der Waals surface area contributed by atoms with Crippen molar-refractivity contribution in [2.75, 3.05) is 5.43 Å². The highest BCUT2D eigenvalue weighted by atomic mass is 35.5. The van der Waals surface area contributed by atoms with Gasteiger partial charge in [0.1, 0.15) is 6.07 Å². The van der Waals surface area contributed by atoms with E-state index in [1.54, 1.807) is 48.5 Å². The smallest absolute Gasteiger partial charge is 0.225 e. The Hall–Kier alpha value is -2.35. The molecule has 0 saturated heterocycles. The number of nitriles is 1. The number of hydrogen-bond donors (Lipinski definition) is 1. The molecule has 0 aliphatic carbocycles. The molecule has 0 unspecified atom stereocenters. The average molecular weight is 332 g/mol. The summed E-state index contributed by atoms with van der Waals surface area (Å²) in [6, 6.07) is 13.5. The van der Waals surface area contributed by atoms with E-state index in [9.17, 15) is 4.79 Å². The highest BCUT2D eigenvalue weighted by Gasteiger charge is 2.16. The molecule has 0 heterocycles. The van der Waals surface area contributed by atoms with E-state index in [1.807, 2.05) is 6.92 Å². The van der Waals surface area contributed by atoms with E-state index >= 15 is 0 Å². The highest BCUT2D eigenvalue weighted by molar-refractivity contribution is 6.53. The van der Waals surface area contributed by atoms with Crippen LogP contribution in [0.15, 0.2) is 47.6 Å². The van der Waals surface area contributed by atoms with Crippen LogP contribution in [0.4, 0.5) is 5.69 Å². The van der Waals surface area contributed by atoms with Crippen LogP contribution in [0.3, 0.4) is 0 Å². The van der Waals surface area contributed by atoms with Gasteiger partial charge in [-0.3, -0.25) is 10.2 Å². The molecule has 0 saturated carbocycles. The molecule has 0 aromatic heterocycles. The summed E-state index contributed by atoms with van der Waals surface area (Å²) in [4.78, 5) is 12.3. The number of benzene rings is 2. The number of carbonyl (C=O) groups excluding carboxylic acids is 1. The first-order valence-electron chi connectivity index (χ1n) is 6.32. The third-order valence-corrected chi connectivity index (χ3v) is 3.73. The number of anilines is 1. The minimum atomic E-state index is -0.541. The fourth-order valence-electron chi connectivity index (χ4n) is 1.74. The first-order valence-corrected chi connectivity index (χ1v) is 7.08. The van der Waals surface area contributed by atoms with Gasteiger partial charge < -0.3 is 0 Å². The summed E-state index contributed by atoms with van der Waals surface area (Å²) in [7, 11) is 0. The van der Waals surface area contributed by atoms with E-state index in [1.165, 1.54) is 0 Å². The molecule has 2 aromatic rings. The maximum atomic E-state index is 12.3. The van der Waals surface area contributed by atoms with E-state index in [2.05, 4.69) is 10.5 Å². The van der Waals surface area contributed by atoms with E-state index in [-0.39, 0.29) is 16.3 Å². The summed E-state index contributed by atoms with van der Waals surface area (Å²) in [5.74, 6) is -0.541. The van der Waals surface area contributed by atoms with Crippen molar-refractivity contribution < 1.29 is 4.79 Å². The number of hydrogen-bond acceptors (Lipinski definition) is 4. The zero-order chi connectivity index (χ0) is 16.1. The van der Waals surface area contributed by atoms with Gasteiger partial charge in [0.05, 0.1) is 10.7 Å². The zero-order valence-corrected chi connectivity index (χ0v) is 13.1. The van der Waals surface area contributed by atoms with Gasteiger partial charge in [0.2, 0.25) is 11.5 Å². The molecule has 2 rings (SSSR count). The van der Waals surface area contributed by atoms with Crippen LogP contribution in [0.5, 0.6) is 0 Å². The molecule has 22 heavy (non-hydrogen) atoms. The highest BCUT2D eigenvalue weighted by Crippen LogP contribution is 2.23. The van der Waals surface area contributed by atoms with Crippen LogP contribution in [-0.2, 0) is 0 Å². The summed E-state index contributed by atoms with van der Waals surface area (Å²) in [5.41, 5.74) is 4.03. The number of nitrogens with zero attached hydrogens (tertiary/aromatic N) is 2. The molecule has 0 amide bonds. The zero-order valence-electron chi connectivity index (χ0n) is 11.6. The number of halogens is 2. The minimum absolute atomic E-state index is 0.231. The lowest BCUT2D eigenvalue weighted by molar-refractivity contribution is 0.106. The van der Waals surface area contributed by atoms with Crippen molar-refractivity contribution in [3.63, 3.8) is 0 Å². The molecule has 1 N–H and O–H groups in total. The Kier molecular flexibility index (Phi) is 5.16. The molecular weight excluding hydrogens is 321 g/mol. The van der Waals surface area contributed by atoms with Gasteiger partial charge in [0, 0.05) is 10.6 Å². The Morgan fingerprint density at radius 1 is 1.14 bits per heavy atom. The Balaban J connectivity index is 2.29. The van der Waals surface area contributed by atoms with Crippen LogP contribution in [0.1, 0.15) is 15.9 Å². The summed E-state index contributed by atoms with van der Waals surface area (Å²) >= 11 is 12.0. The molecule has 0 aliphatic rings. The molecule has 2 aromatic carbocycles. The summed E-state index contributed by atoms with van der Waals surface area (Å²) < 4.78 is 0. The Bertz CT molecular complexity index is 794. The molecule has 0 atom stereocenters. The van der Waals surface area contributed by atoms with Crippen molar-refractivity contribution >= 4 is 40.4 Å². The predicted molar refractivity (Wildman–Crippen MR) is 88.6 cm³/mol. The second-order valence-corrected chi connectivity index (χ2v) is 5.22. The second kappa shape index (κ2) is 7.08. The van der Waals surface area contributed by atoms with Crippen LogP contribution in [0.25, 0.3) is 0 Å². The molecular formula is C16H11Cl2N3O. The third-order valence-electron chi connectivity index (χ3n) is 3.00. The molecule has 0 fully saturated rings. The predicted octanol–water partition coefficient (Wildman–Crippen LogP) is 4.48. The van der Waals surface area contributed by atoms with Gasteiger partial charge in [-0.25, -0.2) is 0 Å². The van der Waals surface area contributed by atoms with Crippen LogP contribution >= 0.6 is 23.2 Å². The SMILES string of the molecule is Cc1c(Cl)cccc1N/N=C(\C#N)C(=O)c1ccccc1Cl. The Labute approximate surface area is 138 Å². The maximum absolute atomic E-state index is 12.3. The van der Waals surface area contributed by atoms with Gasteiger partial charge in [-0.05, 0) is 36.8 Å². The fraction of sp³-hybridized carbons (Fsp3) is 0.0625. The van der Waals surface area contributed by atoms with Crippen molar-refractivity contribution in [3.05, 3.63) is 63.6 Å². The monoisotopic (exact) mass is 331 g/mol. The maximum Gasteiger partial charge on any atom is 0.225 e. The van der Waals surface area contributed by atoms with Gasteiger partial charge >= 0.3 is 0 Å². The van der Waals surface area contributed by atoms with Crippen molar-refractivity contribution in [3.8, 4) is 6.07 Å². The average Bonchev–Trinajstić information content (AvgIpc) is 2.52. The molecule has 4 nitrogen and oxygen atoms in total. The van der Waals surface area contributed by atoms with E-state index < -0.39 is 5.78 Å². The summed E-state index contributed by atoms with van der Waals surface area (Å²) in [6.07, 6.45) is 0. The molecule has 6 heteroatoms. The van der Waals surface area contributed by atoms with Crippen molar-refractivity contribution in [1.29, 1.82) is 5.26 Å². The van der Waals surface area contributed by atoms with Crippen LogP contribution in [0, 0.1) is 18.3 Å². The lowest BCUT2D eigenvalue weighted by atomic mass is 10.1. The van der Waals surface area contributed by atoms with Crippen molar-refractivity contribution in [2.24, 2.45) is 5.10 Å². The summed E-state index contributed by atoms with van der Waals surface area (Å²) in [5, 5.41) is 13.8. The summed E-state index contributed by atoms with van der Waals surface area (Å²) in [6.45, 7) is 1.81. The lowest BCUT2D eigenvalue weighted by Crippen LogP contribution is -2.14. The van der Waals surface area contributed by atoms with Crippen molar-refractivity contribution in [1.82, 2.24) is 0 Å². The number of ketones is 1. The second-order valence-electron chi connectivity index (χ2n) is 4.41. The van der Waals surface area contributed by atoms with E-state index in [4.69, 9.17) is 28.5 Å². The van der Waals surface area contributed by atoms with Crippen LogP contribution in [-0.4, -0.2) is 11.5 Å². The van der Waals surface area contributed by atoms with Gasteiger partial charge in [-0.1, -0.05) is 41.4 Å². The fourth-order valence-corrected chi connectivity index (χ4v) is 2.14. The van der Waals surface area contributed by atoms with Gasteiger partial charge in [-0.15, -0.1) is 0 Å². The quantitative estimate of drug-likeness (QED) is 0.510. The Morgan fingerprint density at radius 3 is 2.50 bits per heavy atom. The van der Waals surface area contributed by atoms with Crippen LogP contribution in [0.2, 0.25) is 10.0 Å². The van der Waals surface area contributed by atoms with Crippen molar-refractivity contribution in [2.45, 2.75) is 6.92 Å². The lowest BCUT2D eigenvalue weighted by Gasteiger charge is -2.07. The molecule has 0 radical (unpaired) electrons. The molecule has 0 bridgehead atoms. The van der Waals surface area contributed by atoms with Gasteiger partial charge in [0.15, 0.2) is 0 Å². The first kappa shape index (κ1) is 16.0. The van der Waals surface area contributed by atoms with Gasteiger partial charge in [-0.2, -0.15) is 10.4 Å². The third kappa shape index (κ3) is 3.45. The topological polar surface area (TPSA) is 65.2 Å². The number of carbonyl (C=O) groups is 1. The molecule has 0 spiro atoms. The van der Waals surface area contributed by atoms with E-state index in [0.29, 0.717) is 10.7 Å². The van der Waals surface area contributed by atoms with Gasteiger partial charge in [0.25, 0.3) is 0 Å². The normalized spacial score (nSPS) is 10.9. The number of nitrogens with one attached hydrogen (secondary N) is 1. The Morgan fingerprint density at radius 2 is 1.82 bits per heavy atom. The number of Topliss-reactive ketones (excluding diaryl/α,β-unsaturated/α-hetero) is 1. The first-order chi connectivity index (χ1) is 10.5. The molecule has 110 valence electrons. The van der Waals surface area contributed by atoms with E-state index in [0.717, 1.165) is 5.56 Å².